The number of hydrogen-bond acceptors (Lipinski definition) is 2. The Morgan fingerprint density at radius 3 is 2.54 bits per heavy atom. The van der Waals surface area contributed by atoms with Gasteiger partial charge in [0.1, 0.15) is 0 Å². The molecule has 0 bridgehead atoms. The SMILES string of the molecule is O=C(/C=C/c1cn(-c2ccccc2)nc1-c1cccc(Br)c1)N1CCCCC1. The number of piperidine rings is 1. The van der Waals surface area contributed by atoms with Crippen molar-refractivity contribution in [1.82, 2.24) is 14.7 Å². The molecule has 4 rings (SSSR count). The van der Waals surface area contributed by atoms with Gasteiger partial charge in [0.15, 0.2) is 0 Å². The van der Waals surface area contributed by atoms with Crippen molar-refractivity contribution < 1.29 is 4.79 Å². The molecule has 0 spiro atoms. The predicted molar refractivity (Wildman–Crippen MR) is 116 cm³/mol. The Labute approximate surface area is 173 Å². The molecule has 1 aromatic heterocycles. The third kappa shape index (κ3) is 4.25. The Hall–Kier alpha value is -2.66. The Kier molecular flexibility index (Phi) is 5.72. The number of halogens is 1. The lowest BCUT2D eigenvalue weighted by Gasteiger charge is -2.25. The topological polar surface area (TPSA) is 38.1 Å². The molecule has 0 radical (unpaired) electrons. The van der Waals surface area contributed by atoms with Crippen molar-refractivity contribution >= 4 is 27.9 Å². The van der Waals surface area contributed by atoms with Crippen molar-refractivity contribution in [3.8, 4) is 16.9 Å². The van der Waals surface area contributed by atoms with Crippen LogP contribution in [0.4, 0.5) is 0 Å². The highest BCUT2D eigenvalue weighted by Crippen LogP contribution is 2.27. The Bertz CT molecular complexity index is 988. The van der Waals surface area contributed by atoms with E-state index >= 15 is 0 Å². The van der Waals surface area contributed by atoms with Gasteiger partial charge in [0, 0.05) is 41.0 Å². The van der Waals surface area contributed by atoms with E-state index in [0.717, 1.165) is 52.9 Å². The fourth-order valence-corrected chi connectivity index (χ4v) is 3.86. The zero-order valence-corrected chi connectivity index (χ0v) is 17.2. The van der Waals surface area contributed by atoms with Gasteiger partial charge in [0.2, 0.25) is 5.91 Å². The van der Waals surface area contributed by atoms with Crippen LogP contribution >= 0.6 is 15.9 Å². The largest absolute Gasteiger partial charge is 0.339 e. The molecule has 0 saturated carbocycles. The van der Waals surface area contributed by atoms with E-state index in [1.165, 1.54) is 6.42 Å². The summed E-state index contributed by atoms with van der Waals surface area (Å²) in [5.74, 6) is 0.0763. The van der Waals surface area contributed by atoms with Crippen LogP contribution in [0.2, 0.25) is 0 Å². The van der Waals surface area contributed by atoms with Crippen LogP contribution in [0, 0.1) is 0 Å². The summed E-state index contributed by atoms with van der Waals surface area (Å²) >= 11 is 3.54. The Morgan fingerprint density at radius 1 is 1.00 bits per heavy atom. The van der Waals surface area contributed by atoms with Gasteiger partial charge in [0.25, 0.3) is 0 Å². The minimum atomic E-state index is 0.0763. The molecule has 4 nitrogen and oxygen atoms in total. The minimum absolute atomic E-state index is 0.0763. The van der Waals surface area contributed by atoms with Crippen LogP contribution in [0.3, 0.4) is 0 Å². The molecule has 2 aromatic carbocycles. The van der Waals surface area contributed by atoms with Crippen LogP contribution in [0.1, 0.15) is 24.8 Å². The number of carbonyl (C=O) groups excluding carboxylic acids is 1. The summed E-state index contributed by atoms with van der Waals surface area (Å²) in [6.07, 6.45) is 8.94. The second-order valence-corrected chi connectivity index (χ2v) is 7.86. The molecule has 0 atom stereocenters. The maximum Gasteiger partial charge on any atom is 0.246 e. The van der Waals surface area contributed by atoms with Gasteiger partial charge in [-0.25, -0.2) is 4.68 Å². The van der Waals surface area contributed by atoms with Crippen molar-refractivity contribution in [1.29, 1.82) is 0 Å². The van der Waals surface area contributed by atoms with Crippen LogP contribution in [-0.4, -0.2) is 33.7 Å². The number of para-hydroxylation sites is 1. The van der Waals surface area contributed by atoms with Gasteiger partial charge >= 0.3 is 0 Å². The van der Waals surface area contributed by atoms with Crippen molar-refractivity contribution in [3.05, 3.63) is 76.9 Å². The molecular weight excluding hydrogens is 414 g/mol. The average Bonchev–Trinajstić information content (AvgIpc) is 3.18. The first kappa shape index (κ1) is 18.7. The maximum absolute atomic E-state index is 12.6. The van der Waals surface area contributed by atoms with Gasteiger partial charge in [-0.15, -0.1) is 0 Å². The smallest absolute Gasteiger partial charge is 0.246 e. The minimum Gasteiger partial charge on any atom is -0.339 e. The second-order valence-electron chi connectivity index (χ2n) is 6.94. The molecule has 3 aromatic rings. The van der Waals surface area contributed by atoms with E-state index in [9.17, 15) is 4.79 Å². The quantitative estimate of drug-likeness (QED) is 0.519. The highest BCUT2D eigenvalue weighted by molar-refractivity contribution is 9.10. The number of nitrogens with zero attached hydrogens (tertiary/aromatic N) is 3. The lowest BCUT2D eigenvalue weighted by molar-refractivity contribution is -0.126. The van der Waals surface area contributed by atoms with E-state index in [2.05, 4.69) is 15.9 Å². The zero-order valence-electron chi connectivity index (χ0n) is 15.6. The molecule has 142 valence electrons. The molecule has 28 heavy (non-hydrogen) atoms. The van der Waals surface area contributed by atoms with Crippen molar-refractivity contribution in [2.75, 3.05) is 13.1 Å². The molecule has 0 N–H and O–H groups in total. The first-order chi connectivity index (χ1) is 13.7. The molecule has 0 aliphatic carbocycles. The highest BCUT2D eigenvalue weighted by Gasteiger charge is 2.15. The fourth-order valence-electron chi connectivity index (χ4n) is 3.46. The normalized spacial score (nSPS) is 14.5. The molecule has 1 aliphatic rings. The molecule has 1 aliphatic heterocycles. The summed E-state index contributed by atoms with van der Waals surface area (Å²) < 4.78 is 2.86. The summed E-state index contributed by atoms with van der Waals surface area (Å²) in [6.45, 7) is 1.70. The van der Waals surface area contributed by atoms with Gasteiger partial charge in [-0.05, 0) is 49.6 Å². The molecule has 0 unspecified atom stereocenters. The summed E-state index contributed by atoms with van der Waals surface area (Å²) in [6, 6.07) is 18.1. The van der Waals surface area contributed by atoms with Crippen molar-refractivity contribution in [2.45, 2.75) is 19.3 Å². The number of rotatable bonds is 4. The van der Waals surface area contributed by atoms with E-state index in [-0.39, 0.29) is 5.91 Å². The van der Waals surface area contributed by atoms with Gasteiger partial charge in [-0.3, -0.25) is 4.79 Å². The van der Waals surface area contributed by atoms with E-state index in [0.29, 0.717) is 0 Å². The van der Waals surface area contributed by atoms with Crippen LogP contribution in [0.5, 0.6) is 0 Å². The van der Waals surface area contributed by atoms with E-state index in [4.69, 9.17) is 5.10 Å². The summed E-state index contributed by atoms with van der Waals surface area (Å²) in [4.78, 5) is 14.5. The van der Waals surface area contributed by atoms with E-state index in [1.54, 1.807) is 6.08 Å². The maximum atomic E-state index is 12.6. The highest BCUT2D eigenvalue weighted by atomic mass is 79.9. The van der Waals surface area contributed by atoms with Crippen LogP contribution in [0.25, 0.3) is 23.0 Å². The molecule has 1 fully saturated rings. The van der Waals surface area contributed by atoms with Crippen molar-refractivity contribution in [3.63, 3.8) is 0 Å². The second kappa shape index (κ2) is 8.57. The zero-order chi connectivity index (χ0) is 19.3. The van der Waals surface area contributed by atoms with Crippen LogP contribution < -0.4 is 0 Å². The van der Waals surface area contributed by atoms with E-state index < -0.39 is 0 Å². The first-order valence-corrected chi connectivity index (χ1v) is 10.4. The van der Waals surface area contributed by atoms with Gasteiger partial charge in [-0.1, -0.05) is 46.3 Å². The number of likely N-dealkylation sites (tertiary alicyclic amines) is 1. The van der Waals surface area contributed by atoms with Crippen molar-refractivity contribution in [2.24, 2.45) is 0 Å². The molecule has 5 heteroatoms. The number of aromatic nitrogens is 2. The number of carbonyl (C=O) groups is 1. The summed E-state index contributed by atoms with van der Waals surface area (Å²) in [7, 11) is 0. The summed E-state index contributed by atoms with van der Waals surface area (Å²) in [5.41, 5.74) is 3.77. The first-order valence-electron chi connectivity index (χ1n) is 9.59. The summed E-state index contributed by atoms with van der Waals surface area (Å²) in [5, 5.41) is 4.80. The Morgan fingerprint density at radius 2 is 1.79 bits per heavy atom. The van der Waals surface area contributed by atoms with Crippen LogP contribution in [-0.2, 0) is 4.79 Å². The fraction of sp³-hybridized carbons (Fsp3) is 0.217. The number of amides is 1. The third-order valence-electron chi connectivity index (χ3n) is 4.93. The Balaban J connectivity index is 1.69. The molecule has 1 saturated heterocycles. The molecule has 2 heterocycles. The lowest BCUT2D eigenvalue weighted by atomic mass is 10.1. The van der Waals surface area contributed by atoms with Crippen LogP contribution in [0.15, 0.2) is 71.3 Å². The average molecular weight is 436 g/mol. The van der Waals surface area contributed by atoms with Gasteiger partial charge in [0.05, 0.1) is 11.4 Å². The number of hydrogen-bond donors (Lipinski definition) is 0. The molecular formula is C23H22BrN3O. The monoisotopic (exact) mass is 435 g/mol. The molecule has 1 amide bonds. The van der Waals surface area contributed by atoms with Gasteiger partial charge in [-0.2, -0.15) is 5.10 Å². The standard InChI is InChI=1S/C23H22BrN3O/c24-20-9-7-8-18(16-20)23-19(12-13-22(28)26-14-5-2-6-15-26)17-27(25-23)21-10-3-1-4-11-21/h1,3-4,7-13,16-17H,2,5-6,14-15H2/b13-12+. The van der Waals surface area contributed by atoms with Gasteiger partial charge < -0.3 is 4.90 Å². The van der Waals surface area contributed by atoms with E-state index in [1.807, 2.05) is 76.5 Å². The lowest BCUT2D eigenvalue weighted by Crippen LogP contribution is -2.34. The predicted octanol–water partition coefficient (Wildman–Crippen LogP) is 5.33. The third-order valence-corrected chi connectivity index (χ3v) is 5.43. The number of benzene rings is 2.